The average molecular weight is 246 g/mol. The van der Waals surface area contributed by atoms with Crippen molar-refractivity contribution < 1.29 is 4.79 Å². The van der Waals surface area contributed by atoms with Crippen LogP contribution in [0.25, 0.3) is 0 Å². The number of rotatable bonds is 2. The summed E-state index contributed by atoms with van der Waals surface area (Å²) < 4.78 is 0. The van der Waals surface area contributed by atoms with Crippen molar-refractivity contribution in [3.05, 3.63) is 30.3 Å². The van der Waals surface area contributed by atoms with E-state index < -0.39 is 0 Å². The summed E-state index contributed by atoms with van der Waals surface area (Å²) in [5, 5.41) is 0. The van der Waals surface area contributed by atoms with Crippen molar-refractivity contribution in [3.63, 3.8) is 0 Å². The van der Waals surface area contributed by atoms with Crippen LogP contribution in [0.2, 0.25) is 0 Å². The molecule has 0 aromatic heterocycles. The molecule has 98 valence electrons. The van der Waals surface area contributed by atoms with Gasteiger partial charge in [-0.05, 0) is 26.0 Å². The van der Waals surface area contributed by atoms with Crippen LogP contribution >= 0.6 is 0 Å². The molecule has 0 aliphatic carbocycles. The third-order valence-corrected chi connectivity index (χ3v) is 3.63. The standard InChI is InChI=1S/C15H22N2O/c1-4-15(18)16-10-12(2)17(13(3)11-16)14-8-6-5-7-9-14/h5-9,12-13H,4,10-11H2,1-3H3. The minimum absolute atomic E-state index is 0.265. The third kappa shape index (κ3) is 2.50. The Morgan fingerprint density at radius 1 is 1.17 bits per heavy atom. The fourth-order valence-electron chi connectivity index (χ4n) is 2.86. The first-order valence-corrected chi connectivity index (χ1v) is 6.74. The van der Waals surface area contributed by atoms with Crippen molar-refractivity contribution >= 4 is 11.6 Å². The number of hydrogen-bond acceptors (Lipinski definition) is 2. The van der Waals surface area contributed by atoms with Crippen molar-refractivity contribution in [2.45, 2.75) is 39.3 Å². The Bertz CT molecular complexity index is 392. The summed E-state index contributed by atoms with van der Waals surface area (Å²) in [6, 6.07) is 11.2. The van der Waals surface area contributed by atoms with Crippen molar-refractivity contribution in [2.75, 3.05) is 18.0 Å². The molecule has 18 heavy (non-hydrogen) atoms. The highest BCUT2D eigenvalue weighted by atomic mass is 16.2. The van der Waals surface area contributed by atoms with E-state index in [1.54, 1.807) is 0 Å². The Hall–Kier alpha value is -1.51. The summed E-state index contributed by atoms with van der Waals surface area (Å²) in [4.78, 5) is 16.2. The molecular formula is C15H22N2O. The van der Waals surface area contributed by atoms with Gasteiger partial charge in [0.15, 0.2) is 0 Å². The number of piperazine rings is 1. The van der Waals surface area contributed by atoms with Crippen LogP contribution in [0.1, 0.15) is 27.2 Å². The highest BCUT2D eigenvalue weighted by Gasteiger charge is 2.31. The SMILES string of the molecule is CCC(=O)N1CC(C)N(c2ccccc2)C(C)C1. The molecule has 1 aliphatic rings. The lowest BCUT2D eigenvalue weighted by molar-refractivity contribution is -0.132. The van der Waals surface area contributed by atoms with Gasteiger partial charge in [0, 0.05) is 37.3 Å². The summed E-state index contributed by atoms with van der Waals surface area (Å²) in [5.41, 5.74) is 1.25. The molecular weight excluding hydrogens is 224 g/mol. The molecule has 0 saturated carbocycles. The van der Waals surface area contributed by atoms with Crippen LogP contribution in [0.4, 0.5) is 5.69 Å². The van der Waals surface area contributed by atoms with E-state index in [4.69, 9.17) is 0 Å². The molecule has 3 nitrogen and oxygen atoms in total. The maximum Gasteiger partial charge on any atom is 0.222 e. The van der Waals surface area contributed by atoms with E-state index in [2.05, 4.69) is 43.0 Å². The van der Waals surface area contributed by atoms with E-state index in [1.807, 2.05) is 17.9 Å². The normalized spacial score (nSPS) is 24.2. The van der Waals surface area contributed by atoms with Crippen molar-refractivity contribution in [2.24, 2.45) is 0 Å². The number of anilines is 1. The second-order valence-corrected chi connectivity index (χ2v) is 5.09. The third-order valence-electron chi connectivity index (χ3n) is 3.63. The predicted octanol–water partition coefficient (Wildman–Crippen LogP) is 2.52. The van der Waals surface area contributed by atoms with Crippen LogP contribution in [-0.2, 0) is 4.79 Å². The number of hydrogen-bond donors (Lipinski definition) is 0. The van der Waals surface area contributed by atoms with Crippen LogP contribution < -0.4 is 4.90 Å². The first-order valence-electron chi connectivity index (χ1n) is 6.74. The average Bonchev–Trinajstić information content (AvgIpc) is 2.38. The zero-order chi connectivity index (χ0) is 13.1. The van der Waals surface area contributed by atoms with Crippen molar-refractivity contribution in [1.82, 2.24) is 4.90 Å². The zero-order valence-corrected chi connectivity index (χ0v) is 11.5. The number of carbonyl (C=O) groups excluding carboxylic acids is 1. The molecule has 2 unspecified atom stereocenters. The van der Waals surface area contributed by atoms with E-state index in [9.17, 15) is 4.79 Å². The second kappa shape index (κ2) is 5.42. The lowest BCUT2D eigenvalue weighted by Crippen LogP contribution is -2.58. The van der Waals surface area contributed by atoms with Crippen LogP contribution in [-0.4, -0.2) is 36.0 Å². The number of para-hydroxylation sites is 1. The number of carbonyl (C=O) groups is 1. The molecule has 1 saturated heterocycles. The quantitative estimate of drug-likeness (QED) is 0.800. The maximum absolute atomic E-state index is 11.8. The van der Waals surface area contributed by atoms with Gasteiger partial charge in [-0.2, -0.15) is 0 Å². The maximum atomic E-state index is 11.8. The van der Waals surface area contributed by atoms with Crippen molar-refractivity contribution in [3.8, 4) is 0 Å². The molecule has 1 amide bonds. The van der Waals surface area contributed by atoms with Gasteiger partial charge in [-0.3, -0.25) is 4.79 Å². The molecule has 1 heterocycles. The summed E-state index contributed by atoms with van der Waals surface area (Å²) in [6.07, 6.45) is 0.602. The second-order valence-electron chi connectivity index (χ2n) is 5.09. The molecule has 1 aliphatic heterocycles. The minimum Gasteiger partial charge on any atom is -0.363 e. The van der Waals surface area contributed by atoms with E-state index in [0.29, 0.717) is 18.5 Å². The van der Waals surface area contributed by atoms with Gasteiger partial charge in [-0.15, -0.1) is 0 Å². The van der Waals surface area contributed by atoms with Gasteiger partial charge in [0.2, 0.25) is 5.91 Å². The molecule has 2 rings (SSSR count). The Morgan fingerprint density at radius 3 is 2.22 bits per heavy atom. The van der Waals surface area contributed by atoms with E-state index in [0.717, 1.165) is 13.1 Å². The van der Waals surface area contributed by atoms with Gasteiger partial charge in [0.05, 0.1) is 0 Å². The summed E-state index contributed by atoms with van der Waals surface area (Å²) in [6.45, 7) is 7.97. The van der Waals surface area contributed by atoms with Gasteiger partial charge < -0.3 is 9.80 Å². The molecule has 0 bridgehead atoms. The highest BCUT2D eigenvalue weighted by Crippen LogP contribution is 2.24. The minimum atomic E-state index is 0.265. The molecule has 1 aromatic rings. The molecule has 1 fully saturated rings. The Kier molecular flexibility index (Phi) is 3.90. The predicted molar refractivity (Wildman–Crippen MR) is 74.7 cm³/mol. The van der Waals surface area contributed by atoms with Gasteiger partial charge in [-0.1, -0.05) is 25.1 Å². The van der Waals surface area contributed by atoms with E-state index in [1.165, 1.54) is 5.69 Å². The fraction of sp³-hybridized carbons (Fsp3) is 0.533. The monoisotopic (exact) mass is 246 g/mol. The van der Waals surface area contributed by atoms with Crippen molar-refractivity contribution in [1.29, 1.82) is 0 Å². The smallest absolute Gasteiger partial charge is 0.222 e. The molecule has 2 atom stereocenters. The lowest BCUT2D eigenvalue weighted by Gasteiger charge is -2.46. The van der Waals surface area contributed by atoms with E-state index in [-0.39, 0.29) is 5.91 Å². The van der Waals surface area contributed by atoms with Gasteiger partial charge >= 0.3 is 0 Å². The van der Waals surface area contributed by atoms with Gasteiger partial charge in [-0.25, -0.2) is 0 Å². The van der Waals surface area contributed by atoms with Crippen LogP contribution in [0.3, 0.4) is 0 Å². The Balaban J connectivity index is 2.14. The number of benzene rings is 1. The zero-order valence-electron chi connectivity index (χ0n) is 11.5. The summed E-state index contributed by atoms with van der Waals surface area (Å²) in [5.74, 6) is 0.265. The lowest BCUT2D eigenvalue weighted by atomic mass is 10.1. The summed E-state index contributed by atoms with van der Waals surface area (Å²) in [7, 11) is 0. The number of amides is 1. The Morgan fingerprint density at radius 2 is 1.72 bits per heavy atom. The van der Waals surface area contributed by atoms with E-state index >= 15 is 0 Å². The van der Waals surface area contributed by atoms with Crippen LogP contribution in [0, 0.1) is 0 Å². The molecule has 1 aromatic carbocycles. The van der Waals surface area contributed by atoms with Crippen LogP contribution in [0.15, 0.2) is 30.3 Å². The summed E-state index contributed by atoms with van der Waals surface area (Å²) >= 11 is 0. The largest absolute Gasteiger partial charge is 0.363 e. The highest BCUT2D eigenvalue weighted by molar-refractivity contribution is 5.76. The topological polar surface area (TPSA) is 23.6 Å². The fourth-order valence-corrected chi connectivity index (χ4v) is 2.86. The molecule has 0 spiro atoms. The molecule has 3 heteroatoms. The Labute approximate surface area is 109 Å². The molecule has 0 N–H and O–H groups in total. The molecule has 0 radical (unpaired) electrons. The van der Waals surface area contributed by atoms with Gasteiger partial charge in [0.25, 0.3) is 0 Å². The first-order chi connectivity index (χ1) is 8.63. The number of nitrogens with zero attached hydrogens (tertiary/aromatic N) is 2. The van der Waals surface area contributed by atoms with Gasteiger partial charge in [0.1, 0.15) is 0 Å². The first kappa shape index (κ1) is 12.9. The van der Waals surface area contributed by atoms with Crippen LogP contribution in [0.5, 0.6) is 0 Å².